The lowest BCUT2D eigenvalue weighted by Crippen LogP contribution is -2.16. The number of rotatable bonds is 4. The fraction of sp³-hybridized carbons (Fsp3) is 0.750. The summed E-state index contributed by atoms with van der Waals surface area (Å²) in [5.41, 5.74) is 0.739. The molecule has 78 valence electrons. The van der Waals surface area contributed by atoms with E-state index in [0.29, 0.717) is 12.3 Å². The smallest absolute Gasteiger partial charge is 0.120 e. The van der Waals surface area contributed by atoms with Crippen LogP contribution in [0.1, 0.15) is 44.9 Å². The average molecular weight is 194 g/mol. The Bertz CT molecular complexity index is 257. The van der Waals surface area contributed by atoms with E-state index in [4.69, 9.17) is 0 Å². The van der Waals surface area contributed by atoms with Gasteiger partial charge in [0.2, 0.25) is 0 Å². The summed E-state index contributed by atoms with van der Waals surface area (Å²) in [5.74, 6) is 0.358. The Kier molecular flexibility index (Phi) is 2.73. The van der Waals surface area contributed by atoms with Gasteiger partial charge in [-0.1, -0.05) is 6.08 Å². The predicted octanol–water partition coefficient (Wildman–Crippen LogP) is 2.22. The summed E-state index contributed by atoms with van der Waals surface area (Å²) in [6, 6.07) is 0. The second kappa shape index (κ2) is 3.85. The summed E-state index contributed by atoms with van der Waals surface area (Å²) < 4.78 is 0. The van der Waals surface area contributed by atoms with Gasteiger partial charge in [0.05, 0.1) is 5.60 Å². The molecule has 0 unspecified atom stereocenters. The quantitative estimate of drug-likeness (QED) is 0.550. The number of aliphatic hydroxyl groups is 1. The maximum absolute atomic E-state index is 10.3. The Labute approximate surface area is 85.0 Å². The third-order valence-corrected chi connectivity index (χ3v) is 3.55. The molecule has 0 aromatic carbocycles. The van der Waals surface area contributed by atoms with Crippen LogP contribution in [0, 0.1) is 5.92 Å². The fourth-order valence-electron chi connectivity index (χ4n) is 2.55. The molecule has 1 saturated carbocycles. The van der Waals surface area contributed by atoms with Crippen molar-refractivity contribution in [1.29, 1.82) is 0 Å². The molecule has 2 heteroatoms. The lowest BCUT2D eigenvalue weighted by molar-refractivity contribution is -0.108. The molecule has 0 aliphatic heterocycles. The highest BCUT2D eigenvalue weighted by atomic mass is 16.3. The van der Waals surface area contributed by atoms with Gasteiger partial charge < -0.3 is 9.90 Å². The Hall–Kier alpha value is -0.630. The molecule has 0 radical (unpaired) electrons. The number of carbonyl (C=O) groups excluding carboxylic acids is 1. The SMILES string of the molecule is O=CCC[C@@H]1C[C@]1(O)C1=CCCCC1. The summed E-state index contributed by atoms with van der Waals surface area (Å²) in [7, 11) is 0. The summed E-state index contributed by atoms with van der Waals surface area (Å²) in [4.78, 5) is 10.2. The van der Waals surface area contributed by atoms with Crippen molar-refractivity contribution in [2.75, 3.05) is 0 Å². The molecule has 2 aliphatic carbocycles. The molecule has 0 heterocycles. The maximum Gasteiger partial charge on any atom is 0.120 e. The van der Waals surface area contributed by atoms with Crippen LogP contribution < -0.4 is 0 Å². The standard InChI is InChI=1S/C12H18O2/c13-8-4-7-11-9-12(11,14)10-5-2-1-3-6-10/h5,8,11,14H,1-4,6-7,9H2/t11-,12+/m1/s1. The van der Waals surface area contributed by atoms with Crippen molar-refractivity contribution in [3.8, 4) is 0 Å². The molecule has 2 rings (SSSR count). The summed E-state index contributed by atoms with van der Waals surface area (Å²) in [6.07, 6.45) is 10.2. The molecule has 2 atom stereocenters. The number of allylic oxidation sites excluding steroid dienone is 1. The Morgan fingerprint density at radius 3 is 3.07 bits per heavy atom. The van der Waals surface area contributed by atoms with Crippen LogP contribution in [-0.4, -0.2) is 17.0 Å². The van der Waals surface area contributed by atoms with Crippen LogP contribution in [-0.2, 0) is 4.79 Å². The molecule has 2 aliphatic rings. The van der Waals surface area contributed by atoms with Gasteiger partial charge in [-0.05, 0) is 50.0 Å². The van der Waals surface area contributed by atoms with Crippen LogP contribution >= 0.6 is 0 Å². The number of aldehydes is 1. The third-order valence-electron chi connectivity index (χ3n) is 3.55. The molecule has 14 heavy (non-hydrogen) atoms. The van der Waals surface area contributed by atoms with E-state index in [2.05, 4.69) is 6.08 Å². The molecular formula is C12H18O2. The second-order valence-electron chi connectivity index (χ2n) is 4.54. The molecule has 1 N–H and O–H groups in total. The molecule has 0 amide bonds. The lowest BCUT2D eigenvalue weighted by atomic mass is 9.92. The normalized spacial score (nSPS) is 36.4. The first-order chi connectivity index (χ1) is 6.77. The molecule has 0 saturated heterocycles. The highest BCUT2D eigenvalue weighted by Gasteiger charge is 2.54. The highest BCUT2D eigenvalue weighted by Crippen LogP contribution is 2.53. The zero-order valence-electron chi connectivity index (χ0n) is 8.54. The van der Waals surface area contributed by atoms with Gasteiger partial charge in [-0.2, -0.15) is 0 Å². The van der Waals surface area contributed by atoms with Crippen LogP contribution in [0.3, 0.4) is 0 Å². The van der Waals surface area contributed by atoms with Gasteiger partial charge in [0.25, 0.3) is 0 Å². The summed E-state index contributed by atoms with van der Waals surface area (Å²) in [5, 5.41) is 10.3. The second-order valence-corrected chi connectivity index (χ2v) is 4.54. The zero-order valence-corrected chi connectivity index (χ0v) is 8.54. The molecule has 1 fully saturated rings. The van der Waals surface area contributed by atoms with E-state index in [1.165, 1.54) is 18.4 Å². The Morgan fingerprint density at radius 2 is 2.43 bits per heavy atom. The molecule has 0 spiro atoms. The van der Waals surface area contributed by atoms with Crippen molar-refractivity contribution in [3.05, 3.63) is 11.6 Å². The van der Waals surface area contributed by atoms with Crippen LogP contribution in [0.15, 0.2) is 11.6 Å². The van der Waals surface area contributed by atoms with Crippen LogP contribution in [0.2, 0.25) is 0 Å². The molecule has 2 nitrogen and oxygen atoms in total. The monoisotopic (exact) mass is 194 g/mol. The predicted molar refractivity (Wildman–Crippen MR) is 54.9 cm³/mol. The first-order valence-corrected chi connectivity index (χ1v) is 5.63. The van der Waals surface area contributed by atoms with Gasteiger partial charge in [-0.15, -0.1) is 0 Å². The Balaban J connectivity index is 1.91. The topological polar surface area (TPSA) is 37.3 Å². The van der Waals surface area contributed by atoms with Crippen LogP contribution in [0.5, 0.6) is 0 Å². The van der Waals surface area contributed by atoms with Crippen molar-refractivity contribution < 1.29 is 9.90 Å². The average Bonchev–Trinajstić information content (AvgIpc) is 2.90. The minimum Gasteiger partial charge on any atom is -0.385 e. The van der Waals surface area contributed by atoms with Crippen LogP contribution in [0.4, 0.5) is 0 Å². The number of hydrogen-bond donors (Lipinski definition) is 1. The van der Waals surface area contributed by atoms with E-state index < -0.39 is 5.60 Å². The largest absolute Gasteiger partial charge is 0.385 e. The van der Waals surface area contributed by atoms with Gasteiger partial charge in [0.15, 0.2) is 0 Å². The number of hydrogen-bond acceptors (Lipinski definition) is 2. The van der Waals surface area contributed by atoms with E-state index in [1.807, 2.05) is 0 Å². The molecular weight excluding hydrogens is 176 g/mol. The summed E-state index contributed by atoms with van der Waals surface area (Å²) >= 11 is 0. The van der Waals surface area contributed by atoms with E-state index >= 15 is 0 Å². The van der Waals surface area contributed by atoms with Gasteiger partial charge in [-0.3, -0.25) is 0 Å². The van der Waals surface area contributed by atoms with E-state index in [-0.39, 0.29) is 0 Å². The van der Waals surface area contributed by atoms with Crippen molar-refractivity contribution in [2.45, 2.75) is 50.5 Å². The van der Waals surface area contributed by atoms with Gasteiger partial charge in [-0.25, -0.2) is 0 Å². The zero-order chi connectivity index (χ0) is 10.0. The van der Waals surface area contributed by atoms with Crippen molar-refractivity contribution in [2.24, 2.45) is 5.92 Å². The van der Waals surface area contributed by atoms with Gasteiger partial charge in [0, 0.05) is 6.42 Å². The van der Waals surface area contributed by atoms with Crippen LogP contribution in [0.25, 0.3) is 0 Å². The first kappa shape index (κ1) is 9.91. The number of carbonyl (C=O) groups is 1. The maximum atomic E-state index is 10.3. The van der Waals surface area contributed by atoms with Crippen molar-refractivity contribution in [3.63, 3.8) is 0 Å². The summed E-state index contributed by atoms with van der Waals surface area (Å²) in [6.45, 7) is 0. The molecule has 0 aromatic rings. The first-order valence-electron chi connectivity index (χ1n) is 5.63. The van der Waals surface area contributed by atoms with E-state index in [1.54, 1.807) is 0 Å². The Morgan fingerprint density at radius 1 is 1.57 bits per heavy atom. The van der Waals surface area contributed by atoms with Crippen molar-refractivity contribution in [1.82, 2.24) is 0 Å². The highest BCUT2D eigenvalue weighted by molar-refractivity contribution is 5.49. The van der Waals surface area contributed by atoms with E-state index in [0.717, 1.165) is 32.0 Å². The lowest BCUT2D eigenvalue weighted by Gasteiger charge is -2.19. The van der Waals surface area contributed by atoms with Gasteiger partial charge in [0.1, 0.15) is 6.29 Å². The minimum atomic E-state index is -0.510. The fourth-order valence-corrected chi connectivity index (χ4v) is 2.55. The third kappa shape index (κ3) is 1.76. The van der Waals surface area contributed by atoms with Gasteiger partial charge >= 0.3 is 0 Å². The van der Waals surface area contributed by atoms with Crippen molar-refractivity contribution >= 4 is 6.29 Å². The van der Waals surface area contributed by atoms with E-state index in [9.17, 15) is 9.90 Å². The molecule has 0 aromatic heterocycles. The molecule has 0 bridgehead atoms. The minimum absolute atomic E-state index is 0.358.